The molecule has 0 bridgehead atoms. The number of hydrogen-bond donors (Lipinski definition) is 0. The molecule has 0 aromatic heterocycles. The number of benzene rings is 8. The highest BCUT2D eigenvalue weighted by Gasteiger charge is 2.52. The molecule has 0 atom stereocenters. The lowest BCUT2D eigenvalue weighted by atomic mass is 9.42. The summed E-state index contributed by atoms with van der Waals surface area (Å²) in [5, 5.41) is 0. The molecule has 2 aliphatic carbocycles. The van der Waals surface area contributed by atoms with Crippen molar-refractivity contribution in [1.29, 1.82) is 0 Å². The first-order valence-electron chi connectivity index (χ1n) is 27.8. The molecule has 13 rings (SSSR count). The van der Waals surface area contributed by atoms with Crippen LogP contribution in [0.1, 0.15) is 160 Å². The summed E-state index contributed by atoms with van der Waals surface area (Å²) < 4.78 is 0. The van der Waals surface area contributed by atoms with Gasteiger partial charge in [0.2, 0.25) is 0 Å². The maximum atomic E-state index is 2.82. The van der Waals surface area contributed by atoms with Crippen molar-refractivity contribution in [2.45, 2.75) is 149 Å². The van der Waals surface area contributed by atoms with Gasteiger partial charge >= 0.3 is 6.85 Å². The maximum Gasteiger partial charge on any atom is 0.333 e. The van der Waals surface area contributed by atoms with Crippen molar-refractivity contribution in [2.24, 2.45) is 0 Å². The average molecular weight is 980 g/mol. The molecule has 0 fully saturated rings. The van der Waals surface area contributed by atoms with Gasteiger partial charge in [-0.1, -0.05) is 194 Å². The molecule has 8 aromatic rings. The first-order valence-corrected chi connectivity index (χ1v) is 27.8. The van der Waals surface area contributed by atoms with Crippen molar-refractivity contribution in [2.75, 3.05) is 14.6 Å². The summed E-state index contributed by atoms with van der Waals surface area (Å²) in [6.45, 7) is 35.9. The van der Waals surface area contributed by atoms with Gasteiger partial charge in [0, 0.05) is 56.2 Å². The summed E-state index contributed by atoms with van der Waals surface area (Å²) in [6.07, 6.45) is 2.35. The monoisotopic (exact) mass is 980 g/mol. The molecule has 0 spiro atoms. The number of rotatable bonds is 4. The van der Waals surface area contributed by atoms with Crippen LogP contribution in [0.5, 0.6) is 0 Å². The van der Waals surface area contributed by atoms with Gasteiger partial charge in [-0.2, -0.15) is 0 Å². The average Bonchev–Trinajstić information content (AvgIpc) is 3.61. The van der Waals surface area contributed by atoms with Crippen LogP contribution >= 0.6 is 0 Å². The third kappa shape index (κ3) is 6.79. The Morgan fingerprint density at radius 2 is 1.03 bits per heavy atom. The lowest BCUT2D eigenvalue weighted by Crippen LogP contribution is -2.63. The second kappa shape index (κ2) is 15.7. The molecule has 8 aromatic carbocycles. The molecule has 0 amide bonds. The summed E-state index contributed by atoms with van der Waals surface area (Å²) >= 11 is 0. The van der Waals surface area contributed by atoms with Crippen LogP contribution in [-0.4, -0.2) is 6.85 Å². The minimum Gasteiger partial charge on any atom is -0.376 e. The van der Waals surface area contributed by atoms with Gasteiger partial charge in [-0.3, -0.25) is 0 Å². The molecule has 0 saturated heterocycles. The van der Waals surface area contributed by atoms with Crippen molar-refractivity contribution >= 4 is 63.3 Å². The summed E-state index contributed by atoms with van der Waals surface area (Å²) in [5.74, 6) is 0. The first kappa shape index (κ1) is 47.9. The predicted octanol–water partition coefficient (Wildman–Crippen LogP) is 18.1. The normalized spacial score (nSPS) is 17.5. The summed E-state index contributed by atoms with van der Waals surface area (Å²) in [5.41, 5.74) is 30.1. The largest absolute Gasteiger partial charge is 0.376 e. The quantitative estimate of drug-likeness (QED) is 0.163. The molecule has 0 unspecified atom stereocenters. The van der Waals surface area contributed by atoms with E-state index in [0.29, 0.717) is 0 Å². The van der Waals surface area contributed by atoms with E-state index >= 15 is 0 Å². The molecule has 4 heteroatoms. The van der Waals surface area contributed by atoms with Crippen LogP contribution in [0.2, 0.25) is 0 Å². The van der Waals surface area contributed by atoms with Crippen molar-refractivity contribution in [3.8, 4) is 22.3 Å². The van der Waals surface area contributed by atoms with E-state index in [1.54, 1.807) is 0 Å². The van der Waals surface area contributed by atoms with Crippen LogP contribution in [0.15, 0.2) is 152 Å². The third-order valence-corrected chi connectivity index (χ3v) is 18.9. The van der Waals surface area contributed by atoms with Crippen LogP contribution in [0.4, 0.5) is 45.5 Å². The van der Waals surface area contributed by atoms with Crippen LogP contribution in [0.3, 0.4) is 0 Å². The van der Waals surface area contributed by atoms with Crippen molar-refractivity contribution in [1.82, 2.24) is 0 Å². The first-order chi connectivity index (χ1) is 35.4. The van der Waals surface area contributed by atoms with E-state index in [-0.39, 0.29) is 39.3 Å². The van der Waals surface area contributed by atoms with Gasteiger partial charge in [0.25, 0.3) is 0 Å². The summed E-state index contributed by atoms with van der Waals surface area (Å²) in [7, 11) is 0. The lowest BCUT2D eigenvalue weighted by Gasteiger charge is -2.51. The van der Waals surface area contributed by atoms with Gasteiger partial charge in [0.15, 0.2) is 0 Å². The molecule has 3 nitrogen and oxygen atoms in total. The minimum absolute atomic E-state index is 0.0198. The van der Waals surface area contributed by atoms with Gasteiger partial charge in [-0.05, 0) is 174 Å². The fourth-order valence-electron chi connectivity index (χ4n) is 14.5. The molecule has 3 heterocycles. The van der Waals surface area contributed by atoms with E-state index in [1.165, 1.54) is 118 Å². The van der Waals surface area contributed by atoms with Crippen molar-refractivity contribution < 1.29 is 0 Å². The summed E-state index contributed by atoms with van der Waals surface area (Å²) in [6, 6.07) is 59.8. The van der Waals surface area contributed by atoms with Crippen LogP contribution in [0.25, 0.3) is 22.3 Å². The number of nitrogens with zero attached hydrogens (tertiary/aromatic N) is 3. The predicted molar refractivity (Wildman–Crippen MR) is 322 cm³/mol. The maximum absolute atomic E-state index is 2.82. The van der Waals surface area contributed by atoms with E-state index in [9.17, 15) is 0 Å². The highest BCUT2D eigenvalue weighted by atomic mass is 15.2. The third-order valence-electron chi connectivity index (χ3n) is 18.9. The lowest BCUT2D eigenvalue weighted by molar-refractivity contribution is 0.332. The number of hydrogen-bond acceptors (Lipinski definition) is 3. The Labute approximate surface area is 448 Å². The number of fused-ring (bicyclic) bond motifs is 11. The Morgan fingerprint density at radius 3 is 1.65 bits per heavy atom. The van der Waals surface area contributed by atoms with Crippen LogP contribution < -0.4 is 25.5 Å². The van der Waals surface area contributed by atoms with E-state index in [1.807, 2.05) is 0 Å². The molecule has 0 saturated carbocycles. The van der Waals surface area contributed by atoms with E-state index in [0.717, 1.165) is 23.5 Å². The van der Waals surface area contributed by atoms with Gasteiger partial charge in [-0.15, -0.1) is 0 Å². The molecule has 3 aliphatic heterocycles. The molecule has 0 radical (unpaired) electrons. The fourth-order valence-corrected chi connectivity index (χ4v) is 14.5. The molecular weight excluding hydrogens is 906 g/mol. The molecule has 376 valence electrons. The highest BCUT2D eigenvalue weighted by molar-refractivity contribution is 6.93. The van der Waals surface area contributed by atoms with Gasteiger partial charge < -0.3 is 14.6 Å². The van der Waals surface area contributed by atoms with Crippen LogP contribution in [0, 0.1) is 6.92 Å². The van der Waals surface area contributed by atoms with Gasteiger partial charge in [0.1, 0.15) is 0 Å². The fraction of sp³-hybridized carbons (Fsp3) is 0.324. The zero-order valence-electron chi connectivity index (χ0n) is 47.3. The Bertz CT molecular complexity index is 3650. The minimum atomic E-state index is -0.275. The molecular formula is C71H74BN3. The second-order valence-electron chi connectivity index (χ2n) is 27.4. The van der Waals surface area contributed by atoms with E-state index in [2.05, 4.69) is 270 Å². The number of aryl methyl sites for hydroxylation is 1. The van der Waals surface area contributed by atoms with E-state index in [4.69, 9.17) is 0 Å². The van der Waals surface area contributed by atoms with Gasteiger partial charge in [-0.25, -0.2) is 0 Å². The topological polar surface area (TPSA) is 9.72 Å². The SMILES string of the molecule is Cc1cc2c(cc1N1B3c4cccc5c4N(c4ccccc4C5(C)C)c4cc(N(c5ccc(C(C)(C)C)cc5)c5ccc(C(C)(C)C)cc5)cc(c43)-c3c1ccc1c3C(C)(C)c3ccccc3-1)C(C)(C)CCC2(C)C. The standard InChI is InChI=1S/C71H74BN3/c1-43-39-55-56(69(10,11)38-37-68(55,8)9)42-60(43)75-59-36-35-50-49-21-16-17-22-52(49)71(14,15)63(50)62(59)51-40-48(73(46-31-27-44(28-32-46)66(2,3)4)47-33-29-45(30-34-47)67(5,6)7)41-61-64(51)72(75)57-25-20-24-54-65(57)74(61)58-26-19-18-23-53(58)70(54,12)13/h16-36,39-42H,37-38H2,1-15H3. The summed E-state index contributed by atoms with van der Waals surface area (Å²) in [4.78, 5) is 8.05. The molecule has 75 heavy (non-hydrogen) atoms. The molecule has 0 N–H and O–H groups in total. The highest BCUT2D eigenvalue weighted by Crippen LogP contribution is 2.61. The Balaban J connectivity index is 1.19. The Morgan fingerprint density at radius 1 is 0.453 bits per heavy atom. The smallest absolute Gasteiger partial charge is 0.333 e. The van der Waals surface area contributed by atoms with Crippen molar-refractivity contribution in [3.63, 3.8) is 0 Å². The second-order valence-corrected chi connectivity index (χ2v) is 27.4. The van der Waals surface area contributed by atoms with Crippen LogP contribution in [-0.2, 0) is 32.5 Å². The number of para-hydroxylation sites is 2. The zero-order chi connectivity index (χ0) is 52.7. The number of anilines is 8. The molecule has 5 aliphatic rings. The Hall–Kier alpha value is -6.78. The van der Waals surface area contributed by atoms with E-state index < -0.39 is 0 Å². The van der Waals surface area contributed by atoms with Gasteiger partial charge in [0.05, 0.1) is 5.69 Å². The zero-order valence-corrected chi connectivity index (χ0v) is 47.3. The Kier molecular flexibility index (Phi) is 10.0. The van der Waals surface area contributed by atoms with Crippen molar-refractivity contribution in [3.05, 3.63) is 202 Å².